The topological polar surface area (TPSA) is 108 Å². The molecule has 3 aromatic heterocycles. The third-order valence-corrected chi connectivity index (χ3v) is 5.82. The summed E-state index contributed by atoms with van der Waals surface area (Å²) in [7, 11) is 1.82. The molecule has 3 heterocycles. The molecular weight excluding hydrogens is 466 g/mol. The molecule has 5 rings (SSSR count). The standard InChI is InChI=1S/C28H23N7O2/c1-18-25(30-15-14-29-18)27(36)32-19(2)26-33-23-11-7-8-21(13-12-20-16-31-34(3)17-20)24(23)28(37)35(26)22-9-5-4-6-10-22/h4-11,14-17,19H,1-3H3,(H,32,36)/t19-/m1/s1. The lowest BCUT2D eigenvalue weighted by molar-refractivity contribution is 0.0931. The quantitative estimate of drug-likeness (QED) is 0.389. The number of hydrogen-bond donors (Lipinski definition) is 1. The highest BCUT2D eigenvalue weighted by atomic mass is 16.2. The maximum atomic E-state index is 14.0. The van der Waals surface area contributed by atoms with Gasteiger partial charge in [-0.25, -0.2) is 9.97 Å². The normalized spacial score (nSPS) is 11.5. The lowest BCUT2D eigenvalue weighted by Crippen LogP contribution is -2.34. The summed E-state index contributed by atoms with van der Waals surface area (Å²) in [5.74, 6) is 6.16. The van der Waals surface area contributed by atoms with Crippen molar-refractivity contribution in [2.24, 2.45) is 7.05 Å². The van der Waals surface area contributed by atoms with Crippen molar-refractivity contribution in [3.8, 4) is 17.5 Å². The molecule has 0 spiro atoms. The Morgan fingerprint density at radius 2 is 1.81 bits per heavy atom. The SMILES string of the molecule is Cc1nccnc1C(=O)N[C@H](C)c1nc2cccc(C#Cc3cnn(C)c3)c2c(=O)n1-c1ccccc1. The van der Waals surface area contributed by atoms with Crippen molar-refractivity contribution < 1.29 is 4.79 Å². The average molecular weight is 490 g/mol. The first kappa shape index (κ1) is 23.6. The van der Waals surface area contributed by atoms with Crippen LogP contribution in [0.3, 0.4) is 0 Å². The number of nitrogens with one attached hydrogen (secondary N) is 1. The summed E-state index contributed by atoms with van der Waals surface area (Å²) in [6.45, 7) is 3.50. The van der Waals surface area contributed by atoms with E-state index in [2.05, 4.69) is 32.2 Å². The zero-order valence-electron chi connectivity index (χ0n) is 20.5. The van der Waals surface area contributed by atoms with Crippen LogP contribution >= 0.6 is 0 Å². The number of carbonyl (C=O) groups excluding carboxylic acids is 1. The predicted octanol–water partition coefficient (Wildman–Crippen LogP) is 3.11. The number of carbonyl (C=O) groups is 1. The van der Waals surface area contributed by atoms with Gasteiger partial charge in [0.1, 0.15) is 11.5 Å². The zero-order valence-corrected chi connectivity index (χ0v) is 20.5. The van der Waals surface area contributed by atoms with E-state index in [-0.39, 0.29) is 11.3 Å². The molecule has 0 saturated heterocycles. The van der Waals surface area contributed by atoms with Gasteiger partial charge in [0.05, 0.1) is 40.1 Å². The molecule has 0 aliphatic heterocycles. The van der Waals surface area contributed by atoms with Crippen LogP contribution in [-0.2, 0) is 7.05 Å². The predicted molar refractivity (Wildman–Crippen MR) is 139 cm³/mol. The lowest BCUT2D eigenvalue weighted by atomic mass is 10.1. The Balaban J connectivity index is 1.65. The first-order chi connectivity index (χ1) is 17.9. The van der Waals surface area contributed by atoms with Crippen LogP contribution in [0.4, 0.5) is 0 Å². The molecule has 1 amide bonds. The maximum Gasteiger partial charge on any atom is 0.272 e. The van der Waals surface area contributed by atoms with Gasteiger partial charge in [0.25, 0.3) is 11.5 Å². The molecule has 0 unspecified atom stereocenters. The van der Waals surface area contributed by atoms with Crippen molar-refractivity contribution >= 4 is 16.8 Å². The van der Waals surface area contributed by atoms with Crippen LogP contribution in [0.5, 0.6) is 0 Å². The van der Waals surface area contributed by atoms with Gasteiger partial charge in [-0.2, -0.15) is 5.10 Å². The number of aromatic nitrogens is 6. The van der Waals surface area contributed by atoms with Crippen LogP contribution in [0.25, 0.3) is 16.6 Å². The third kappa shape index (κ3) is 4.73. The number of hydrogen-bond acceptors (Lipinski definition) is 6. The summed E-state index contributed by atoms with van der Waals surface area (Å²) in [6.07, 6.45) is 6.47. The summed E-state index contributed by atoms with van der Waals surface area (Å²) < 4.78 is 3.19. The molecule has 9 heteroatoms. The fourth-order valence-electron chi connectivity index (χ4n) is 4.05. The molecule has 0 aliphatic rings. The van der Waals surface area contributed by atoms with Gasteiger partial charge in [0.15, 0.2) is 0 Å². The molecule has 37 heavy (non-hydrogen) atoms. The van der Waals surface area contributed by atoms with E-state index in [9.17, 15) is 9.59 Å². The number of amides is 1. The van der Waals surface area contributed by atoms with Crippen molar-refractivity contribution in [3.63, 3.8) is 0 Å². The van der Waals surface area contributed by atoms with E-state index in [1.54, 1.807) is 43.1 Å². The second-order valence-electron chi connectivity index (χ2n) is 8.48. The Morgan fingerprint density at radius 1 is 1.03 bits per heavy atom. The minimum absolute atomic E-state index is 0.219. The Labute approximate surface area is 212 Å². The largest absolute Gasteiger partial charge is 0.341 e. The van der Waals surface area contributed by atoms with Gasteiger partial charge in [0, 0.05) is 31.2 Å². The number of benzene rings is 2. The van der Waals surface area contributed by atoms with Crippen LogP contribution in [0.1, 0.15) is 46.1 Å². The number of aryl methyl sites for hydroxylation is 2. The van der Waals surface area contributed by atoms with Crippen molar-refractivity contribution in [1.82, 2.24) is 34.6 Å². The van der Waals surface area contributed by atoms with Crippen LogP contribution in [0, 0.1) is 18.8 Å². The van der Waals surface area contributed by atoms with E-state index in [1.165, 1.54) is 17.0 Å². The minimum Gasteiger partial charge on any atom is -0.341 e. The Hall–Kier alpha value is -5.10. The van der Waals surface area contributed by atoms with E-state index in [1.807, 2.05) is 43.4 Å². The summed E-state index contributed by atoms with van der Waals surface area (Å²) in [5, 5.41) is 7.45. The molecule has 1 N–H and O–H groups in total. The van der Waals surface area contributed by atoms with Gasteiger partial charge in [0.2, 0.25) is 0 Å². The van der Waals surface area contributed by atoms with E-state index in [0.29, 0.717) is 33.7 Å². The van der Waals surface area contributed by atoms with E-state index < -0.39 is 11.9 Å². The van der Waals surface area contributed by atoms with Gasteiger partial charge < -0.3 is 5.32 Å². The van der Waals surface area contributed by atoms with Gasteiger partial charge in [-0.1, -0.05) is 36.1 Å². The Morgan fingerprint density at radius 3 is 2.54 bits per heavy atom. The van der Waals surface area contributed by atoms with Crippen molar-refractivity contribution in [2.45, 2.75) is 19.9 Å². The fourth-order valence-corrected chi connectivity index (χ4v) is 4.05. The molecule has 2 aromatic carbocycles. The Bertz CT molecular complexity index is 1740. The van der Waals surface area contributed by atoms with E-state index >= 15 is 0 Å². The van der Waals surface area contributed by atoms with Gasteiger partial charge in [-0.05, 0) is 38.1 Å². The third-order valence-electron chi connectivity index (χ3n) is 5.82. The highest BCUT2D eigenvalue weighted by Crippen LogP contribution is 2.20. The fraction of sp³-hybridized carbons (Fsp3) is 0.143. The van der Waals surface area contributed by atoms with Crippen LogP contribution in [0.15, 0.2) is 78.1 Å². The molecule has 0 radical (unpaired) electrons. The highest BCUT2D eigenvalue weighted by molar-refractivity contribution is 5.93. The summed E-state index contributed by atoms with van der Waals surface area (Å²) in [4.78, 5) is 40.1. The molecule has 1 atom stereocenters. The highest BCUT2D eigenvalue weighted by Gasteiger charge is 2.22. The number of nitrogens with zero attached hydrogens (tertiary/aromatic N) is 6. The van der Waals surface area contributed by atoms with E-state index in [0.717, 1.165) is 5.56 Å². The lowest BCUT2D eigenvalue weighted by Gasteiger charge is -2.20. The molecule has 0 bridgehead atoms. The van der Waals surface area contributed by atoms with Crippen molar-refractivity contribution in [1.29, 1.82) is 0 Å². The second kappa shape index (κ2) is 9.87. The molecule has 182 valence electrons. The van der Waals surface area contributed by atoms with Gasteiger partial charge in [-0.3, -0.25) is 23.8 Å². The summed E-state index contributed by atoms with van der Waals surface area (Å²) in [6, 6.07) is 14.0. The van der Waals surface area contributed by atoms with Crippen LogP contribution in [-0.4, -0.2) is 35.2 Å². The van der Waals surface area contributed by atoms with Crippen molar-refractivity contribution in [2.75, 3.05) is 0 Å². The van der Waals surface area contributed by atoms with E-state index in [4.69, 9.17) is 4.98 Å². The first-order valence-electron chi connectivity index (χ1n) is 11.6. The van der Waals surface area contributed by atoms with Crippen LogP contribution < -0.4 is 10.9 Å². The maximum absolute atomic E-state index is 14.0. The number of para-hydroxylation sites is 1. The summed E-state index contributed by atoms with van der Waals surface area (Å²) >= 11 is 0. The first-order valence-corrected chi connectivity index (χ1v) is 11.6. The van der Waals surface area contributed by atoms with Crippen LogP contribution in [0.2, 0.25) is 0 Å². The number of fused-ring (bicyclic) bond motifs is 1. The minimum atomic E-state index is -0.614. The Kier molecular flexibility index (Phi) is 6.31. The molecule has 0 aliphatic carbocycles. The smallest absolute Gasteiger partial charge is 0.272 e. The number of rotatable bonds is 4. The molecule has 9 nitrogen and oxygen atoms in total. The zero-order chi connectivity index (χ0) is 25.9. The summed E-state index contributed by atoms with van der Waals surface area (Å²) in [5.41, 5.74) is 2.86. The average Bonchev–Trinajstić information content (AvgIpc) is 3.32. The van der Waals surface area contributed by atoms with Crippen molar-refractivity contribution in [3.05, 3.63) is 112 Å². The molecule has 0 fully saturated rings. The second-order valence-corrected chi connectivity index (χ2v) is 8.48. The van der Waals surface area contributed by atoms with Gasteiger partial charge >= 0.3 is 0 Å². The molecule has 0 saturated carbocycles. The monoisotopic (exact) mass is 489 g/mol. The molecular formula is C28H23N7O2. The molecule has 5 aromatic rings. The van der Waals surface area contributed by atoms with Gasteiger partial charge in [-0.15, -0.1) is 0 Å².